The number of carbonyl (C=O) groups excluding carboxylic acids is 1. The number of likely N-dealkylation sites (tertiary alicyclic amines) is 1. The summed E-state index contributed by atoms with van der Waals surface area (Å²) in [4.78, 5) is 14.5. The van der Waals surface area contributed by atoms with Gasteiger partial charge in [0.05, 0.1) is 5.56 Å². The van der Waals surface area contributed by atoms with E-state index in [4.69, 9.17) is 0 Å². The van der Waals surface area contributed by atoms with Crippen LogP contribution in [0.25, 0.3) is 0 Å². The second-order valence-electron chi connectivity index (χ2n) is 6.78. The Balaban J connectivity index is 1.85. The molecule has 0 radical (unpaired) electrons. The summed E-state index contributed by atoms with van der Waals surface area (Å²) in [5.41, 5.74) is 0.0967. The number of carbonyl (C=O) groups is 1. The van der Waals surface area contributed by atoms with Gasteiger partial charge in [-0.05, 0) is 50.4 Å². The highest BCUT2D eigenvalue weighted by Gasteiger charge is 2.40. The van der Waals surface area contributed by atoms with Crippen LogP contribution in [0, 0.1) is 12.3 Å². The number of alkyl halides is 3. The summed E-state index contributed by atoms with van der Waals surface area (Å²) in [6, 6.07) is 3.41. The molecule has 3 nitrogen and oxygen atoms in total. The van der Waals surface area contributed by atoms with Crippen molar-refractivity contribution in [2.45, 2.75) is 32.4 Å². The van der Waals surface area contributed by atoms with Crippen LogP contribution in [0.2, 0.25) is 0 Å². The van der Waals surface area contributed by atoms with Crippen LogP contribution in [-0.4, -0.2) is 37.0 Å². The van der Waals surface area contributed by atoms with Gasteiger partial charge in [-0.3, -0.25) is 4.79 Å². The molecule has 23 heavy (non-hydrogen) atoms. The molecular formula is C17H21F3N2O. The van der Waals surface area contributed by atoms with Crippen LogP contribution in [0.1, 0.15) is 40.7 Å². The highest BCUT2D eigenvalue weighted by atomic mass is 19.4. The molecule has 1 spiro atoms. The second-order valence-corrected chi connectivity index (χ2v) is 6.78. The molecule has 1 aromatic rings. The van der Waals surface area contributed by atoms with E-state index in [0.29, 0.717) is 18.7 Å². The van der Waals surface area contributed by atoms with Gasteiger partial charge in [-0.2, -0.15) is 13.2 Å². The topological polar surface area (TPSA) is 32.3 Å². The highest BCUT2D eigenvalue weighted by Crippen LogP contribution is 2.36. The van der Waals surface area contributed by atoms with Gasteiger partial charge in [-0.25, -0.2) is 0 Å². The van der Waals surface area contributed by atoms with Crippen molar-refractivity contribution in [1.82, 2.24) is 10.2 Å². The smallest absolute Gasteiger partial charge is 0.338 e. The molecule has 0 aliphatic carbocycles. The normalized spacial score (nSPS) is 25.1. The van der Waals surface area contributed by atoms with E-state index in [1.807, 2.05) is 0 Å². The molecule has 0 bridgehead atoms. The molecular weight excluding hydrogens is 305 g/mol. The monoisotopic (exact) mass is 326 g/mol. The van der Waals surface area contributed by atoms with Gasteiger partial charge in [0.1, 0.15) is 0 Å². The van der Waals surface area contributed by atoms with Gasteiger partial charge in [-0.1, -0.05) is 6.07 Å². The minimum Gasteiger partial charge on any atom is -0.338 e. The maximum atomic E-state index is 12.9. The van der Waals surface area contributed by atoms with E-state index >= 15 is 0 Å². The molecule has 2 saturated heterocycles. The molecule has 2 heterocycles. The Labute approximate surface area is 133 Å². The molecule has 1 atom stereocenters. The van der Waals surface area contributed by atoms with Gasteiger partial charge >= 0.3 is 6.18 Å². The van der Waals surface area contributed by atoms with E-state index in [9.17, 15) is 18.0 Å². The quantitative estimate of drug-likeness (QED) is 0.859. The van der Waals surface area contributed by atoms with E-state index in [1.165, 1.54) is 6.07 Å². The zero-order valence-electron chi connectivity index (χ0n) is 13.2. The van der Waals surface area contributed by atoms with Crippen LogP contribution in [0.4, 0.5) is 13.2 Å². The predicted molar refractivity (Wildman–Crippen MR) is 81.2 cm³/mol. The molecule has 2 fully saturated rings. The van der Waals surface area contributed by atoms with E-state index in [2.05, 4.69) is 5.32 Å². The summed E-state index contributed by atoms with van der Waals surface area (Å²) >= 11 is 0. The Morgan fingerprint density at radius 3 is 2.74 bits per heavy atom. The van der Waals surface area contributed by atoms with Crippen LogP contribution in [-0.2, 0) is 6.18 Å². The van der Waals surface area contributed by atoms with Crippen molar-refractivity contribution >= 4 is 5.91 Å². The summed E-state index contributed by atoms with van der Waals surface area (Å²) in [7, 11) is 0. The first-order valence-electron chi connectivity index (χ1n) is 7.99. The van der Waals surface area contributed by atoms with Crippen molar-refractivity contribution < 1.29 is 18.0 Å². The van der Waals surface area contributed by atoms with E-state index in [-0.39, 0.29) is 16.9 Å². The molecule has 6 heteroatoms. The Morgan fingerprint density at radius 2 is 2.09 bits per heavy atom. The second kappa shape index (κ2) is 5.82. The van der Waals surface area contributed by atoms with Crippen LogP contribution in [0.15, 0.2) is 18.2 Å². The Bertz CT molecular complexity index is 606. The summed E-state index contributed by atoms with van der Waals surface area (Å²) in [6.07, 6.45) is -1.42. The first-order chi connectivity index (χ1) is 10.8. The van der Waals surface area contributed by atoms with E-state index < -0.39 is 11.7 Å². The van der Waals surface area contributed by atoms with Crippen molar-refractivity contribution in [1.29, 1.82) is 0 Å². The van der Waals surface area contributed by atoms with Crippen molar-refractivity contribution in [3.63, 3.8) is 0 Å². The fourth-order valence-corrected chi connectivity index (χ4v) is 3.72. The first kappa shape index (κ1) is 16.3. The van der Waals surface area contributed by atoms with Crippen molar-refractivity contribution in [3.8, 4) is 0 Å². The Hall–Kier alpha value is -1.56. The third kappa shape index (κ3) is 3.22. The number of rotatable bonds is 1. The van der Waals surface area contributed by atoms with Crippen LogP contribution in [0.5, 0.6) is 0 Å². The zero-order valence-corrected chi connectivity index (χ0v) is 13.2. The van der Waals surface area contributed by atoms with E-state index in [1.54, 1.807) is 11.8 Å². The maximum absolute atomic E-state index is 12.9. The lowest BCUT2D eigenvalue weighted by molar-refractivity contribution is -0.137. The number of aryl methyl sites for hydroxylation is 1. The van der Waals surface area contributed by atoms with Gasteiger partial charge in [0.25, 0.3) is 5.91 Å². The summed E-state index contributed by atoms with van der Waals surface area (Å²) in [6.45, 7) is 4.78. The number of benzene rings is 1. The molecule has 0 aromatic heterocycles. The summed E-state index contributed by atoms with van der Waals surface area (Å²) in [5.74, 6) is -0.278. The van der Waals surface area contributed by atoms with Crippen LogP contribution in [0.3, 0.4) is 0 Å². The summed E-state index contributed by atoms with van der Waals surface area (Å²) in [5, 5.41) is 3.34. The van der Waals surface area contributed by atoms with Gasteiger partial charge < -0.3 is 10.2 Å². The Kier molecular flexibility index (Phi) is 4.12. The molecule has 0 saturated carbocycles. The average molecular weight is 326 g/mol. The highest BCUT2D eigenvalue weighted by molar-refractivity contribution is 5.96. The number of halogens is 3. The number of hydrogen-bond donors (Lipinski definition) is 1. The zero-order chi connectivity index (χ0) is 16.7. The number of nitrogens with one attached hydrogen (secondary N) is 1. The average Bonchev–Trinajstić information content (AvgIpc) is 2.93. The summed E-state index contributed by atoms with van der Waals surface area (Å²) < 4.78 is 38.7. The standard InChI is InChI=1S/C17H21F3N2O/c1-12-3-4-13(17(18,19)20)9-14(12)15(23)22-8-2-5-16(11-22)6-7-21-10-16/h3-4,9,21H,2,5-8,10-11H2,1H3/t16-/m0/s1. The lowest BCUT2D eigenvalue weighted by atomic mass is 9.79. The third-order valence-corrected chi connectivity index (χ3v) is 5.08. The fraction of sp³-hybridized carbons (Fsp3) is 0.588. The van der Waals surface area contributed by atoms with Crippen molar-refractivity contribution in [2.75, 3.05) is 26.2 Å². The number of piperidine rings is 1. The SMILES string of the molecule is Cc1ccc(C(F)(F)F)cc1C(=O)N1CCC[C@@]2(CCNC2)C1. The van der Waals surface area contributed by atoms with Gasteiger partial charge in [0.15, 0.2) is 0 Å². The largest absolute Gasteiger partial charge is 0.416 e. The molecule has 1 amide bonds. The number of amides is 1. The van der Waals surface area contributed by atoms with Crippen molar-refractivity contribution in [3.05, 3.63) is 34.9 Å². The first-order valence-corrected chi connectivity index (χ1v) is 7.99. The van der Waals surface area contributed by atoms with Crippen LogP contribution >= 0.6 is 0 Å². The maximum Gasteiger partial charge on any atom is 0.416 e. The number of nitrogens with zero attached hydrogens (tertiary/aromatic N) is 1. The fourth-order valence-electron chi connectivity index (χ4n) is 3.72. The van der Waals surface area contributed by atoms with Gasteiger partial charge in [-0.15, -0.1) is 0 Å². The van der Waals surface area contributed by atoms with E-state index in [0.717, 1.165) is 44.5 Å². The molecule has 126 valence electrons. The van der Waals surface area contributed by atoms with Crippen LogP contribution < -0.4 is 5.32 Å². The molecule has 2 aliphatic rings. The third-order valence-electron chi connectivity index (χ3n) is 5.08. The van der Waals surface area contributed by atoms with Gasteiger partial charge in [0, 0.05) is 30.6 Å². The predicted octanol–water partition coefficient (Wildman–Crippen LogP) is 3.23. The molecule has 2 aliphatic heterocycles. The minimum atomic E-state index is -4.43. The Morgan fingerprint density at radius 1 is 1.30 bits per heavy atom. The lowest BCUT2D eigenvalue weighted by Gasteiger charge is -2.40. The minimum absolute atomic E-state index is 0.101. The molecule has 3 rings (SSSR count). The molecule has 0 unspecified atom stereocenters. The van der Waals surface area contributed by atoms with Gasteiger partial charge in [0.2, 0.25) is 0 Å². The number of hydrogen-bond acceptors (Lipinski definition) is 2. The molecule has 1 N–H and O–H groups in total. The lowest BCUT2D eigenvalue weighted by Crippen LogP contribution is -2.47. The molecule has 1 aromatic carbocycles. The van der Waals surface area contributed by atoms with Crippen molar-refractivity contribution in [2.24, 2.45) is 5.41 Å².